The Morgan fingerprint density at radius 1 is 1.10 bits per heavy atom. The van der Waals surface area contributed by atoms with Crippen molar-refractivity contribution in [2.24, 2.45) is 0 Å². The van der Waals surface area contributed by atoms with E-state index in [1.807, 2.05) is 36.4 Å². The number of rotatable bonds is 9. The number of hydrogen-bond donors (Lipinski definition) is 1. The Labute approximate surface area is 177 Å². The largest absolute Gasteiger partial charge is 0.493 e. The number of fused-ring (bicyclic) bond motifs is 2. The molecular weight excluding hydrogens is 376 g/mol. The molecule has 156 valence electrons. The third kappa shape index (κ3) is 4.42. The van der Waals surface area contributed by atoms with Crippen molar-refractivity contribution < 1.29 is 9.47 Å². The predicted molar refractivity (Wildman–Crippen MR) is 120 cm³/mol. The van der Waals surface area contributed by atoms with Gasteiger partial charge in [-0.1, -0.05) is 18.2 Å². The molecule has 0 aliphatic carbocycles. The Bertz CT molecular complexity index is 1050. The van der Waals surface area contributed by atoms with Gasteiger partial charge >= 0.3 is 0 Å². The van der Waals surface area contributed by atoms with Gasteiger partial charge in [-0.15, -0.1) is 0 Å². The first-order valence-electron chi connectivity index (χ1n) is 10.7. The van der Waals surface area contributed by atoms with Crippen molar-refractivity contribution >= 4 is 27.5 Å². The number of benzene rings is 2. The molecule has 0 atom stereocenters. The van der Waals surface area contributed by atoms with E-state index in [9.17, 15) is 0 Å². The first kappa shape index (κ1) is 20.2. The van der Waals surface area contributed by atoms with Crippen molar-refractivity contribution in [2.75, 3.05) is 45.2 Å². The number of para-hydroxylation sites is 1. The summed E-state index contributed by atoms with van der Waals surface area (Å²) >= 11 is 0. The third-order valence-electron chi connectivity index (χ3n) is 5.58. The van der Waals surface area contributed by atoms with Crippen LogP contribution < -0.4 is 14.8 Å². The highest BCUT2D eigenvalue weighted by molar-refractivity contribution is 6.08. The van der Waals surface area contributed by atoms with E-state index in [2.05, 4.69) is 16.3 Å². The van der Waals surface area contributed by atoms with E-state index in [0.29, 0.717) is 25.3 Å². The lowest BCUT2D eigenvalue weighted by molar-refractivity contribution is 0.254. The number of methoxy groups -OCH3 is 1. The quantitative estimate of drug-likeness (QED) is 0.416. The molecule has 2 heterocycles. The summed E-state index contributed by atoms with van der Waals surface area (Å²) in [6.45, 7) is 4.72. The van der Waals surface area contributed by atoms with Gasteiger partial charge in [-0.2, -0.15) is 5.26 Å². The van der Waals surface area contributed by atoms with Crippen LogP contribution in [0, 0.1) is 11.3 Å². The van der Waals surface area contributed by atoms with Crippen molar-refractivity contribution in [3.63, 3.8) is 0 Å². The second-order valence-corrected chi connectivity index (χ2v) is 7.61. The molecule has 1 aliphatic heterocycles. The molecule has 30 heavy (non-hydrogen) atoms. The van der Waals surface area contributed by atoms with Gasteiger partial charge in [0, 0.05) is 29.9 Å². The summed E-state index contributed by atoms with van der Waals surface area (Å²) in [5.41, 5.74) is 2.74. The molecule has 1 N–H and O–H groups in total. The lowest BCUT2D eigenvalue weighted by atomic mass is 10.1. The van der Waals surface area contributed by atoms with E-state index in [1.54, 1.807) is 7.11 Å². The van der Waals surface area contributed by atoms with Crippen LogP contribution in [-0.2, 0) is 0 Å². The van der Waals surface area contributed by atoms with Crippen LogP contribution in [0.25, 0.3) is 21.8 Å². The lowest BCUT2D eigenvalue weighted by Gasteiger charge is -2.17. The number of ether oxygens (including phenoxy) is 2. The van der Waals surface area contributed by atoms with Gasteiger partial charge in [0.05, 0.1) is 42.9 Å². The van der Waals surface area contributed by atoms with Crippen LogP contribution in [0.2, 0.25) is 0 Å². The van der Waals surface area contributed by atoms with E-state index in [1.165, 1.54) is 25.9 Å². The third-order valence-corrected chi connectivity index (χ3v) is 5.58. The molecule has 6 heteroatoms. The maximum absolute atomic E-state index is 8.92. The zero-order valence-corrected chi connectivity index (χ0v) is 17.5. The molecule has 1 aliphatic rings. The fraction of sp³-hybridized carbons (Fsp3) is 0.417. The molecule has 6 nitrogen and oxygen atoms in total. The van der Waals surface area contributed by atoms with Crippen LogP contribution in [0.1, 0.15) is 25.7 Å². The SMILES string of the molecule is COc1cc2c(NCCC#N)c3ccccc3nc2cc1OCCCN1CCCC1. The van der Waals surface area contributed by atoms with E-state index in [0.717, 1.165) is 46.2 Å². The minimum atomic E-state index is 0.438. The molecule has 1 aromatic heterocycles. The average molecular weight is 405 g/mol. The number of aromatic nitrogens is 1. The Hall–Kier alpha value is -3.04. The smallest absolute Gasteiger partial charge is 0.163 e. The summed E-state index contributed by atoms with van der Waals surface area (Å²) in [5, 5.41) is 14.3. The van der Waals surface area contributed by atoms with Crippen molar-refractivity contribution in [3.05, 3.63) is 36.4 Å². The molecule has 0 unspecified atom stereocenters. The van der Waals surface area contributed by atoms with Gasteiger partial charge in [0.15, 0.2) is 11.5 Å². The highest BCUT2D eigenvalue weighted by atomic mass is 16.5. The Balaban J connectivity index is 1.62. The molecule has 0 bridgehead atoms. The Morgan fingerprint density at radius 2 is 1.93 bits per heavy atom. The topological polar surface area (TPSA) is 70.4 Å². The first-order valence-corrected chi connectivity index (χ1v) is 10.7. The lowest BCUT2D eigenvalue weighted by Crippen LogP contribution is -2.21. The summed E-state index contributed by atoms with van der Waals surface area (Å²) in [7, 11) is 1.66. The van der Waals surface area contributed by atoms with Crippen molar-refractivity contribution in [2.45, 2.75) is 25.7 Å². The molecular formula is C24H28N4O2. The molecule has 4 rings (SSSR count). The molecule has 3 aromatic rings. The van der Waals surface area contributed by atoms with Crippen LogP contribution in [0.3, 0.4) is 0 Å². The normalized spacial score (nSPS) is 14.1. The van der Waals surface area contributed by atoms with Crippen LogP contribution in [0.15, 0.2) is 36.4 Å². The van der Waals surface area contributed by atoms with E-state index < -0.39 is 0 Å². The zero-order valence-electron chi connectivity index (χ0n) is 17.5. The number of anilines is 1. The Morgan fingerprint density at radius 3 is 2.73 bits per heavy atom. The maximum Gasteiger partial charge on any atom is 0.163 e. The van der Waals surface area contributed by atoms with Crippen LogP contribution in [-0.4, -0.2) is 49.8 Å². The van der Waals surface area contributed by atoms with Gasteiger partial charge < -0.3 is 19.7 Å². The monoisotopic (exact) mass is 404 g/mol. The van der Waals surface area contributed by atoms with E-state index in [4.69, 9.17) is 19.7 Å². The van der Waals surface area contributed by atoms with Crippen LogP contribution >= 0.6 is 0 Å². The summed E-state index contributed by atoms with van der Waals surface area (Å²) < 4.78 is 11.7. The van der Waals surface area contributed by atoms with Crippen LogP contribution in [0.4, 0.5) is 5.69 Å². The molecule has 2 aromatic carbocycles. The van der Waals surface area contributed by atoms with Gasteiger partial charge in [0.1, 0.15) is 0 Å². The maximum atomic E-state index is 8.92. The summed E-state index contributed by atoms with van der Waals surface area (Å²) in [6.07, 6.45) is 4.05. The number of nitrogens with zero attached hydrogens (tertiary/aromatic N) is 3. The van der Waals surface area contributed by atoms with Gasteiger partial charge in [-0.3, -0.25) is 0 Å². The average Bonchev–Trinajstić information content (AvgIpc) is 3.29. The number of likely N-dealkylation sites (tertiary alicyclic amines) is 1. The second-order valence-electron chi connectivity index (χ2n) is 7.61. The van der Waals surface area contributed by atoms with Crippen molar-refractivity contribution in [1.82, 2.24) is 9.88 Å². The highest BCUT2D eigenvalue weighted by Gasteiger charge is 2.15. The second kappa shape index (κ2) is 9.64. The summed E-state index contributed by atoms with van der Waals surface area (Å²) in [5.74, 6) is 1.42. The van der Waals surface area contributed by atoms with Gasteiger partial charge in [-0.05, 0) is 44.5 Å². The van der Waals surface area contributed by atoms with Gasteiger partial charge in [0.25, 0.3) is 0 Å². The van der Waals surface area contributed by atoms with Crippen LogP contribution in [0.5, 0.6) is 11.5 Å². The molecule has 0 amide bonds. The minimum Gasteiger partial charge on any atom is -0.493 e. The van der Waals surface area contributed by atoms with Gasteiger partial charge in [0.2, 0.25) is 0 Å². The summed E-state index contributed by atoms with van der Waals surface area (Å²) in [4.78, 5) is 7.34. The Kier molecular flexibility index (Phi) is 6.50. The molecule has 1 fully saturated rings. The highest BCUT2D eigenvalue weighted by Crippen LogP contribution is 2.38. The molecule has 0 radical (unpaired) electrons. The van der Waals surface area contributed by atoms with E-state index in [-0.39, 0.29) is 0 Å². The fourth-order valence-electron chi connectivity index (χ4n) is 4.08. The zero-order chi connectivity index (χ0) is 20.8. The predicted octanol–water partition coefficient (Wildman–Crippen LogP) is 4.59. The van der Waals surface area contributed by atoms with E-state index >= 15 is 0 Å². The number of nitrogens with one attached hydrogen (secondary N) is 1. The number of pyridine rings is 1. The molecule has 1 saturated heterocycles. The van der Waals surface area contributed by atoms with Crippen molar-refractivity contribution in [3.8, 4) is 17.6 Å². The van der Waals surface area contributed by atoms with Crippen molar-refractivity contribution in [1.29, 1.82) is 5.26 Å². The van der Waals surface area contributed by atoms with Gasteiger partial charge in [-0.25, -0.2) is 4.98 Å². The minimum absolute atomic E-state index is 0.438. The molecule has 0 spiro atoms. The standard InChI is InChI=1S/C24H28N4O2/c1-29-22-16-19-21(17-23(22)30-15-7-14-28-12-4-5-13-28)27-20-9-3-2-8-18(20)24(19)26-11-6-10-25/h2-3,8-9,16-17H,4-7,11-15H2,1H3,(H,26,27). The number of hydrogen-bond acceptors (Lipinski definition) is 6. The fourth-order valence-corrected chi connectivity index (χ4v) is 4.08. The summed E-state index contributed by atoms with van der Waals surface area (Å²) in [6, 6.07) is 14.2. The molecule has 0 saturated carbocycles. The first-order chi connectivity index (χ1) is 14.8. The number of nitriles is 1.